The van der Waals surface area contributed by atoms with Crippen molar-refractivity contribution in [3.8, 4) is 5.75 Å². The minimum atomic E-state index is 0.361. The van der Waals surface area contributed by atoms with Crippen LogP contribution in [0.1, 0.15) is 43.2 Å². The quantitative estimate of drug-likeness (QED) is 0.790. The van der Waals surface area contributed by atoms with Crippen molar-refractivity contribution in [2.45, 2.75) is 39.0 Å². The summed E-state index contributed by atoms with van der Waals surface area (Å²) in [5.41, 5.74) is 1.74. The van der Waals surface area contributed by atoms with E-state index in [1.807, 2.05) is 31.3 Å². The first kappa shape index (κ1) is 12.2. The fraction of sp³-hybridized carbons (Fsp3) is 0.533. The second kappa shape index (κ2) is 5.85. The molecule has 1 aromatic rings. The number of phenols is 1. The van der Waals surface area contributed by atoms with Crippen molar-refractivity contribution >= 4 is 6.21 Å². The molecular weight excluding hydrogens is 210 g/mol. The van der Waals surface area contributed by atoms with Gasteiger partial charge in [-0.25, -0.2) is 0 Å². The molecule has 1 saturated carbocycles. The Kier molecular flexibility index (Phi) is 4.18. The molecule has 92 valence electrons. The van der Waals surface area contributed by atoms with Gasteiger partial charge in [0.05, 0.1) is 0 Å². The van der Waals surface area contributed by atoms with Crippen molar-refractivity contribution in [2.24, 2.45) is 10.9 Å². The molecule has 1 N–H and O–H groups in total. The van der Waals surface area contributed by atoms with Gasteiger partial charge in [-0.05, 0) is 37.3 Å². The van der Waals surface area contributed by atoms with E-state index in [0.717, 1.165) is 23.6 Å². The summed E-state index contributed by atoms with van der Waals surface area (Å²) in [6.07, 6.45) is 8.55. The molecular formula is C15H21NO. The van der Waals surface area contributed by atoms with Gasteiger partial charge in [-0.3, -0.25) is 4.99 Å². The third-order valence-corrected chi connectivity index (χ3v) is 3.59. The van der Waals surface area contributed by atoms with Gasteiger partial charge in [0.2, 0.25) is 0 Å². The Hall–Kier alpha value is -1.31. The van der Waals surface area contributed by atoms with Crippen molar-refractivity contribution in [3.05, 3.63) is 29.3 Å². The van der Waals surface area contributed by atoms with E-state index in [-0.39, 0.29) is 0 Å². The number of para-hydroxylation sites is 1. The van der Waals surface area contributed by atoms with Crippen LogP contribution < -0.4 is 0 Å². The molecule has 2 nitrogen and oxygen atoms in total. The number of rotatable bonds is 3. The van der Waals surface area contributed by atoms with Crippen LogP contribution >= 0.6 is 0 Å². The smallest absolute Gasteiger partial charge is 0.127 e. The maximum absolute atomic E-state index is 9.84. The second-order valence-corrected chi connectivity index (χ2v) is 5.01. The number of hydrogen-bond donors (Lipinski definition) is 1. The van der Waals surface area contributed by atoms with E-state index in [9.17, 15) is 5.11 Å². The zero-order valence-corrected chi connectivity index (χ0v) is 10.5. The van der Waals surface area contributed by atoms with Crippen molar-refractivity contribution in [1.29, 1.82) is 0 Å². The van der Waals surface area contributed by atoms with E-state index in [4.69, 9.17) is 0 Å². The van der Waals surface area contributed by atoms with Crippen LogP contribution in [0.25, 0.3) is 0 Å². The molecule has 17 heavy (non-hydrogen) atoms. The van der Waals surface area contributed by atoms with E-state index in [0.29, 0.717) is 5.75 Å². The van der Waals surface area contributed by atoms with E-state index < -0.39 is 0 Å². The van der Waals surface area contributed by atoms with Gasteiger partial charge in [-0.1, -0.05) is 31.4 Å². The second-order valence-electron chi connectivity index (χ2n) is 5.01. The topological polar surface area (TPSA) is 32.6 Å². The van der Waals surface area contributed by atoms with Crippen molar-refractivity contribution in [1.82, 2.24) is 0 Å². The van der Waals surface area contributed by atoms with Crippen LogP contribution in [0.4, 0.5) is 0 Å². The van der Waals surface area contributed by atoms with Crippen LogP contribution in [0.3, 0.4) is 0 Å². The van der Waals surface area contributed by atoms with Crippen LogP contribution in [0.15, 0.2) is 23.2 Å². The monoisotopic (exact) mass is 231 g/mol. The van der Waals surface area contributed by atoms with Crippen LogP contribution in [0.5, 0.6) is 5.75 Å². The van der Waals surface area contributed by atoms with Gasteiger partial charge in [0.25, 0.3) is 0 Å². The lowest BCUT2D eigenvalue weighted by Gasteiger charge is -2.19. The minimum Gasteiger partial charge on any atom is -0.507 e. The number of benzene rings is 1. The van der Waals surface area contributed by atoms with Gasteiger partial charge < -0.3 is 5.11 Å². The number of aromatic hydroxyl groups is 1. The predicted octanol–water partition coefficient (Wildman–Crippen LogP) is 3.70. The normalized spacial score (nSPS) is 17.7. The summed E-state index contributed by atoms with van der Waals surface area (Å²) in [5.74, 6) is 1.12. The summed E-state index contributed by atoms with van der Waals surface area (Å²) < 4.78 is 0. The van der Waals surface area contributed by atoms with E-state index in [1.54, 1.807) is 0 Å². The number of hydrogen-bond acceptors (Lipinski definition) is 2. The molecule has 1 aliphatic rings. The predicted molar refractivity (Wildman–Crippen MR) is 71.9 cm³/mol. The molecule has 0 amide bonds. The molecule has 2 heteroatoms. The van der Waals surface area contributed by atoms with Gasteiger partial charge in [0, 0.05) is 18.3 Å². The fourth-order valence-electron chi connectivity index (χ4n) is 2.46. The highest BCUT2D eigenvalue weighted by atomic mass is 16.3. The summed E-state index contributed by atoms with van der Waals surface area (Å²) in [6.45, 7) is 2.82. The maximum Gasteiger partial charge on any atom is 0.127 e. The van der Waals surface area contributed by atoms with Gasteiger partial charge in [0.15, 0.2) is 0 Å². The van der Waals surface area contributed by atoms with E-state index >= 15 is 0 Å². The molecule has 1 fully saturated rings. The first-order valence-electron chi connectivity index (χ1n) is 6.56. The van der Waals surface area contributed by atoms with Gasteiger partial charge >= 0.3 is 0 Å². The largest absolute Gasteiger partial charge is 0.507 e. The molecule has 0 radical (unpaired) electrons. The minimum absolute atomic E-state index is 0.361. The third kappa shape index (κ3) is 3.32. The van der Waals surface area contributed by atoms with Crippen LogP contribution in [-0.2, 0) is 0 Å². The summed E-state index contributed by atoms with van der Waals surface area (Å²) in [5, 5.41) is 9.84. The molecule has 0 heterocycles. The van der Waals surface area contributed by atoms with Crippen molar-refractivity contribution in [3.63, 3.8) is 0 Å². The highest BCUT2D eigenvalue weighted by Crippen LogP contribution is 2.24. The fourth-order valence-corrected chi connectivity index (χ4v) is 2.46. The molecule has 0 bridgehead atoms. The molecule has 1 aromatic carbocycles. The lowest BCUT2D eigenvalue weighted by atomic mass is 9.89. The maximum atomic E-state index is 9.84. The summed E-state index contributed by atoms with van der Waals surface area (Å²) >= 11 is 0. The Balaban J connectivity index is 1.93. The lowest BCUT2D eigenvalue weighted by Crippen LogP contribution is -2.09. The average molecular weight is 231 g/mol. The summed E-state index contributed by atoms with van der Waals surface area (Å²) in [6, 6.07) is 5.78. The summed E-state index contributed by atoms with van der Waals surface area (Å²) in [4.78, 5) is 4.48. The van der Waals surface area contributed by atoms with Gasteiger partial charge in [0.1, 0.15) is 5.75 Å². The standard InChI is InChI=1S/C15H21NO/c1-12-6-5-9-14(15(12)17)11-16-10-13-7-3-2-4-8-13/h5-6,9,11,13,17H,2-4,7-8,10H2,1H3. The Morgan fingerprint density at radius 3 is 2.82 bits per heavy atom. The number of aliphatic imine (C=N–C) groups is 1. The van der Waals surface area contributed by atoms with Gasteiger partial charge in [-0.2, -0.15) is 0 Å². The molecule has 0 aromatic heterocycles. The highest BCUT2D eigenvalue weighted by Gasteiger charge is 2.12. The first-order chi connectivity index (χ1) is 8.27. The lowest BCUT2D eigenvalue weighted by molar-refractivity contribution is 0.367. The SMILES string of the molecule is Cc1cccc(C=NCC2CCCCC2)c1O. The molecule has 0 unspecified atom stereocenters. The number of phenolic OH excluding ortho intramolecular Hbond substituents is 1. The van der Waals surface area contributed by atoms with Crippen LogP contribution in [-0.4, -0.2) is 17.9 Å². The number of aryl methyl sites for hydroxylation is 1. The zero-order chi connectivity index (χ0) is 12.1. The molecule has 0 aliphatic heterocycles. The third-order valence-electron chi connectivity index (χ3n) is 3.59. The molecule has 0 spiro atoms. The Morgan fingerprint density at radius 1 is 1.29 bits per heavy atom. The van der Waals surface area contributed by atoms with Crippen molar-refractivity contribution in [2.75, 3.05) is 6.54 Å². The highest BCUT2D eigenvalue weighted by molar-refractivity contribution is 5.83. The van der Waals surface area contributed by atoms with E-state index in [2.05, 4.69) is 4.99 Å². The number of nitrogens with zero attached hydrogens (tertiary/aromatic N) is 1. The van der Waals surface area contributed by atoms with Crippen molar-refractivity contribution < 1.29 is 5.11 Å². The van der Waals surface area contributed by atoms with Gasteiger partial charge in [-0.15, -0.1) is 0 Å². The first-order valence-corrected chi connectivity index (χ1v) is 6.56. The Bertz CT molecular complexity index is 392. The summed E-state index contributed by atoms with van der Waals surface area (Å²) in [7, 11) is 0. The van der Waals surface area contributed by atoms with Crippen LogP contribution in [0.2, 0.25) is 0 Å². The van der Waals surface area contributed by atoms with E-state index in [1.165, 1.54) is 32.1 Å². The van der Waals surface area contributed by atoms with Crippen LogP contribution in [0, 0.1) is 12.8 Å². The Morgan fingerprint density at radius 2 is 2.06 bits per heavy atom. The zero-order valence-electron chi connectivity index (χ0n) is 10.5. The molecule has 0 saturated heterocycles. The molecule has 2 rings (SSSR count). The average Bonchev–Trinajstić information content (AvgIpc) is 2.36. The molecule has 0 atom stereocenters. The molecule has 1 aliphatic carbocycles. The Labute approximate surface area is 103 Å².